The van der Waals surface area contributed by atoms with Gasteiger partial charge in [-0.1, -0.05) is 0 Å². The van der Waals surface area contributed by atoms with Crippen molar-refractivity contribution < 1.29 is 0 Å². The summed E-state index contributed by atoms with van der Waals surface area (Å²) >= 11 is 0. The molecule has 1 aliphatic heterocycles. The van der Waals surface area contributed by atoms with Crippen LogP contribution in [0.2, 0.25) is 0 Å². The quantitative estimate of drug-likeness (QED) is 0.479. The lowest BCUT2D eigenvalue weighted by atomic mass is 10.2. The SMILES string of the molecule is CC1=NC(=N)C(=N)C(C)=N1.CN. The topological polar surface area (TPSA) is 98.4 Å². The molecule has 0 bridgehead atoms. The maximum atomic E-state index is 7.23. The second-order valence-corrected chi connectivity index (χ2v) is 2.08. The van der Waals surface area contributed by atoms with E-state index in [1.165, 1.54) is 7.05 Å². The number of aliphatic imine (C=N–C) groups is 2. The van der Waals surface area contributed by atoms with E-state index >= 15 is 0 Å². The molecule has 0 aromatic rings. The zero-order valence-electron chi connectivity index (χ0n) is 7.47. The normalized spacial score (nSPS) is 16.0. The molecule has 0 atom stereocenters. The zero-order valence-corrected chi connectivity index (χ0v) is 7.47. The Morgan fingerprint density at radius 2 is 1.58 bits per heavy atom. The van der Waals surface area contributed by atoms with E-state index in [-0.39, 0.29) is 11.5 Å². The van der Waals surface area contributed by atoms with Crippen LogP contribution in [0, 0.1) is 10.8 Å². The Labute approximate surface area is 71.4 Å². The van der Waals surface area contributed by atoms with Crippen molar-refractivity contribution in [1.29, 1.82) is 10.8 Å². The summed E-state index contributed by atoms with van der Waals surface area (Å²) in [5.41, 5.74) is 5.18. The summed E-state index contributed by atoms with van der Waals surface area (Å²) in [5.74, 6) is 0.559. The predicted molar refractivity (Wildman–Crippen MR) is 51.8 cm³/mol. The van der Waals surface area contributed by atoms with Crippen LogP contribution in [-0.2, 0) is 0 Å². The lowest BCUT2D eigenvalue weighted by Crippen LogP contribution is -2.24. The molecule has 1 heterocycles. The highest BCUT2D eigenvalue weighted by atomic mass is 15.0. The smallest absolute Gasteiger partial charge is 0.173 e. The Morgan fingerprint density at radius 1 is 1.08 bits per heavy atom. The summed E-state index contributed by atoms with van der Waals surface area (Å²) in [5, 5.41) is 14.4. The number of hydrogen-bond acceptors (Lipinski definition) is 4. The molecule has 0 amide bonds. The fourth-order valence-corrected chi connectivity index (χ4v) is 0.713. The highest BCUT2D eigenvalue weighted by Crippen LogP contribution is 1.96. The third-order valence-electron chi connectivity index (χ3n) is 1.20. The van der Waals surface area contributed by atoms with Crippen molar-refractivity contribution in [2.75, 3.05) is 7.05 Å². The standard InChI is InChI=1S/C6H8N4.CH5N/c1-3-5(7)6(8)10-4(2)9-3;1-2/h7-8H,1-2H3;2H2,1H3. The van der Waals surface area contributed by atoms with Crippen molar-refractivity contribution in [2.24, 2.45) is 15.7 Å². The van der Waals surface area contributed by atoms with Gasteiger partial charge in [0, 0.05) is 0 Å². The van der Waals surface area contributed by atoms with Gasteiger partial charge in [0.25, 0.3) is 0 Å². The molecule has 1 aliphatic rings. The van der Waals surface area contributed by atoms with Gasteiger partial charge in [-0.2, -0.15) is 0 Å². The minimum Gasteiger partial charge on any atom is -0.333 e. The van der Waals surface area contributed by atoms with Gasteiger partial charge in [0.05, 0.1) is 5.71 Å². The predicted octanol–water partition coefficient (Wildman–Crippen LogP) is 0.451. The van der Waals surface area contributed by atoms with Crippen LogP contribution < -0.4 is 5.73 Å². The molecule has 0 radical (unpaired) electrons. The Bertz CT molecular complexity index is 258. The Morgan fingerprint density at radius 3 is 2.00 bits per heavy atom. The molecule has 0 spiro atoms. The zero-order chi connectivity index (χ0) is 9.72. The van der Waals surface area contributed by atoms with E-state index in [4.69, 9.17) is 10.8 Å². The largest absolute Gasteiger partial charge is 0.333 e. The van der Waals surface area contributed by atoms with Crippen LogP contribution in [0.1, 0.15) is 13.8 Å². The third kappa shape index (κ3) is 2.35. The van der Waals surface area contributed by atoms with Gasteiger partial charge in [0.15, 0.2) is 5.84 Å². The molecule has 12 heavy (non-hydrogen) atoms. The Kier molecular flexibility index (Phi) is 3.99. The number of nitrogens with two attached hydrogens (primary N) is 1. The molecule has 0 aliphatic carbocycles. The number of nitrogens with one attached hydrogen (secondary N) is 2. The minimum atomic E-state index is 0.00463. The molecule has 0 saturated carbocycles. The monoisotopic (exact) mass is 167 g/mol. The van der Waals surface area contributed by atoms with Crippen LogP contribution in [0.3, 0.4) is 0 Å². The second-order valence-electron chi connectivity index (χ2n) is 2.08. The van der Waals surface area contributed by atoms with Gasteiger partial charge in [-0.15, -0.1) is 0 Å². The summed E-state index contributed by atoms with van der Waals surface area (Å²) < 4.78 is 0. The molecular weight excluding hydrogens is 154 g/mol. The van der Waals surface area contributed by atoms with E-state index in [1.807, 2.05) is 0 Å². The fourth-order valence-electron chi connectivity index (χ4n) is 0.713. The van der Waals surface area contributed by atoms with Gasteiger partial charge in [0.2, 0.25) is 0 Å². The first kappa shape index (κ1) is 10.6. The van der Waals surface area contributed by atoms with E-state index in [2.05, 4.69) is 15.7 Å². The summed E-state index contributed by atoms with van der Waals surface area (Å²) in [6.45, 7) is 3.42. The highest BCUT2D eigenvalue weighted by Gasteiger charge is 2.12. The van der Waals surface area contributed by atoms with E-state index in [9.17, 15) is 0 Å². The van der Waals surface area contributed by atoms with Crippen molar-refractivity contribution in [3.05, 3.63) is 0 Å². The third-order valence-corrected chi connectivity index (χ3v) is 1.20. The average Bonchev–Trinajstić information content (AvgIpc) is 2.04. The molecule has 0 aromatic carbocycles. The molecule has 0 unspecified atom stereocenters. The first-order valence-electron chi connectivity index (χ1n) is 3.47. The summed E-state index contributed by atoms with van der Waals surface area (Å²) in [7, 11) is 1.50. The summed E-state index contributed by atoms with van der Waals surface area (Å²) in [6, 6.07) is 0. The van der Waals surface area contributed by atoms with Crippen molar-refractivity contribution in [3.63, 3.8) is 0 Å². The van der Waals surface area contributed by atoms with Gasteiger partial charge in [-0.25, -0.2) is 9.98 Å². The van der Waals surface area contributed by atoms with Crippen molar-refractivity contribution in [2.45, 2.75) is 13.8 Å². The van der Waals surface area contributed by atoms with Crippen LogP contribution in [0.4, 0.5) is 0 Å². The maximum absolute atomic E-state index is 7.23. The number of nitrogens with zero attached hydrogens (tertiary/aromatic N) is 2. The van der Waals surface area contributed by atoms with Gasteiger partial charge >= 0.3 is 0 Å². The summed E-state index contributed by atoms with van der Waals surface area (Å²) in [6.07, 6.45) is 0. The van der Waals surface area contributed by atoms with Gasteiger partial charge < -0.3 is 5.73 Å². The summed E-state index contributed by atoms with van der Waals surface area (Å²) in [4.78, 5) is 7.62. The minimum absolute atomic E-state index is 0.00463. The Balaban J connectivity index is 0.000000561. The lowest BCUT2D eigenvalue weighted by molar-refractivity contribution is 1.39. The maximum Gasteiger partial charge on any atom is 0.173 e. The number of hydrogen-bond donors (Lipinski definition) is 3. The molecule has 4 N–H and O–H groups in total. The van der Waals surface area contributed by atoms with Gasteiger partial charge in [-0.05, 0) is 20.9 Å². The van der Waals surface area contributed by atoms with Crippen LogP contribution in [0.5, 0.6) is 0 Å². The molecule has 0 fully saturated rings. The molecule has 5 nitrogen and oxygen atoms in total. The average molecular weight is 167 g/mol. The van der Waals surface area contributed by atoms with E-state index < -0.39 is 0 Å². The highest BCUT2D eigenvalue weighted by molar-refractivity contribution is 6.68. The van der Waals surface area contributed by atoms with Crippen molar-refractivity contribution in [1.82, 2.24) is 0 Å². The second kappa shape index (κ2) is 4.50. The van der Waals surface area contributed by atoms with Crippen LogP contribution >= 0.6 is 0 Å². The molecule has 1 rings (SSSR count). The van der Waals surface area contributed by atoms with Crippen LogP contribution in [-0.4, -0.2) is 30.1 Å². The number of rotatable bonds is 0. The molecule has 0 saturated heterocycles. The van der Waals surface area contributed by atoms with Crippen LogP contribution in [0.25, 0.3) is 0 Å². The number of amidine groups is 2. The van der Waals surface area contributed by atoms with Crippen LogP contribution in [0.15, 0.2) is 9.98 Å². The first-order chi connectivity index (χ1) is 5.61. The lowest BCUT2D eigenvalue weighted by Gasteiger charge is -2.06. The fraction of sp³-hybridized carbons (Fsp3) is 0.429. The van der Waals surface area contributed by atoms with Gasteiger partial charge in [-0.3, -0.25) is 10.8 Å². The Hall–Kier alpha value is -1.36. The molecule has 66 valence electrons. The van der Waals surface area contributed by atoms with Crippen molar-refractivity contribution in [3.8, 4) is 0 Å². The van der Waals surface area contributed by atoms with Crippen molar-refractivity contribution >= 4 is 23.1 Å². The molecule has 5 heteroatoms. The van der Waals surface area contributed by atoms with E-state index in [1.54, 1.807) is 13.8 Å². The molecule has 0 aromatic heterocycles. The van der Waals surface area contributed by atoms with E-state index in [0.717, 1.165) is 0 Å². The first-order valence-corrected chi connectivity index (χ1v) is 3.47. The van der Waals surface area contributed by atoms with Gasteiger partial charge in [0.1, 0.15) is 11.5 Å². The molecular formula is C7H13N5. The van der Waals surface area contributed by atoms with E-state index in [0.29, 0.717) is 11.5 Å².